The lowest BCUT2D eigenvalue weighted by Gasteiger charge is -2.36. The van der Waals surface area contributed by atoms with Crippen LogP contribution in [0.15, 0.2) is 4.47 Å². The fraction of sp³-hybridized carbons (Fsp3) is 0.692. The van der Waals surface area contributed by atoms with Crippen LogP contribution in [0.2, 0.25) is 0 Å². The molecule has 0 bridgehead atoms. The van der Waals surface area contributed by atoms with Gasteiger partial charge in [0.2, 0.25) is 0 Å². The minimum absolute atomic E-state index is 0.0882. The maximum Gasteiger partial charge on any atom is 0.317 e. The number of urea groups is 1. The number of piperazine rings is 1. The summed E-state index contributed by atoms with van der Waals surface area (Å²) in [5.74, 6) is 0. The molecule has 0 aromatic carbocycles. The molecule has 2 fully saturated rings. The van der Waals surface area contributed by atoms with Gasteiger partial charge in [-0.15, -0.1) is 0 Å². The van der Waals surface area contributed by atoms with Crippen molar-refractivity contribution in [1.29, 1.82) is 0 Å². The number of aryl methyl sites for hydroxylation is 2. The van der Waals surface area contributed by atoms with Crippen molar-refractivity contribution in [2.75, 3.05) is 26.2 Å². The van der Waals surface area contributed by atoms with Gasteiger partial charge in [-0.1, -0.05) is 0 Å². The third-order valence-corrected chi connectivity index (χ3v) is 5.17. The molecule has 1 aromatic heterocycles. The van der Waals surface area contributed by atoms with Gasteiger partial charge in [0.05, 0.1) is 21.9 Å². The number of nitrogens with one attached hydrogen (secondary N) is 1. The molecule has 0 spiro atoms. The first-order valence-electron chi connectivity index (χ1n) is 7.08. The second-order valence-electron chi connectivity index (χ2n) is 5.43. The summed E-state index contributed by atoms with van der Waals surface area (Å²) < 4.78 is 3.17. The molecule has 0 saturated carbocycles. The zero-order valence-electron chi connectivity index (χ0n) is 11.9. The second-order valence-corrected chi connectivity index (χ2v) is 6.22. The molecule has 2 amide bonds. The molecule has 1 N–H and O–H groups in total. The Bertz CT molecular complexity index is 529. The maximum atomic E-state index is 11.6. The molecule has 0 aliphatic carbocycles. The quantitative estimate of drug-likeness (QED) is 0.898. The number of carbonyl (C=O) groups excluding carboxylic acids is 1. The van der Waals surface area contributed by atoms with E-state index in [1.54, 1.807) is 0 Å². The number of carbonyl (C=O) groups is 1. The minimum Gasteiger partial charge on any atom is -0.336 e. The van der Waals surface area contributed by atoms with Crippen LogP contribution < -0.4 is 5.32 Å². The first-order valence-corrected chi connectivity index (χ1v) is 7.88. The Kier molecular flexibility index (Phi) is 3.72. The van der Waals surface area contributed by atoms with Crippen molar-refractivity contribution < 1.29 is 4.79 Å². The summed E-state index contributed by atoms with van der Waals surface area (Å²) in [5.41, 5.74) is 2.27. The lowest BCUT2D eigenvalue weighted by Crippen LogP contribution is -2.51. The molecular weight excluding hydrogens is 322 g/mol. The van der Waals surface area contributed by atoms with E-state index in [0.717, 1.165) is 49.4 Å². The van der Waals surface area contributed by atoms with E-state index >= 15 is 0 Å². The summed E-state index contributed by atoms with van der Waals surface area (Å²) in [7, 11) is 0. The minimum atomic E-state index is 0.0882. The van der Waals surface area contributed by atoms with Crippen LogP contribution in [0.1, 0.15) is 18.3 Å². The molecular formula is C13H20BrN5O. The van der Waals surface area contributed by atoms with E-state index in [0.29, 0.717) is 6.04 Å². The summed E-state index contributed by atoms with van der Waals surface area (Å²) in [6.45, 7) is 9.33. The summed E-state index contributed by atoms with van der Waals surface area (Å²) in [6, 6.07) is 0.402. The SMILES string of the molecule is CCn1nc(C)c(Br)c1CN1CCN2C(=O)NCC2C1. The topological polar surface area (TPSA) is 53.4 Å². The average molecular weight is 342 g/mol. The third-order valence-electron chi connectivity index (χ3n) is 4.14. The van der Waals surface area contributed by atoms with Crippen LogP contribution in [0.25, 0.3) is 0 Å². The number of nitrogens with zero attached hydrogens (tertiary/aromatic N) is 4. The van der Waals surface area contributed by atoms with E-state index in [9.17, 15) is 4.79 Å². The lowest BCUT2D eigenvalue weighted by molar-refractivity contribution is 0.114. The van der Waals surface area contributed by atoms with Gasteiger partial charge >= 0.3 is 6.03 Å². The smallest absolute Gasteiger partial charge is 0.317 e. The lowest BCUT2D eigenvalue weighted by atomic mass is 10.2. The standard InChI is InChI=1S/C13H20BrN5O/c1-3-19-11(12(14)9(2)16-19)8-17-4-5-18-10(7-17)6-15-13(18)20/h10H,3-8H2,1-2H3,(H,15,20). The van der Waals surface area contributed by atoms with E-state index in [4.69, 9.17) is 0 Å². The van der Waals surface area contributed by atoms with Crippen LogP contribution in [0.4, 0.5) is 4.79 Å². The Labute approximate surface area is 127 Å². The summed E-state index contributed by atoms with van der Waals surface area (Å²) in [4.78, 5) is 16.0. The van der Waals surface area contributed by atoms with E-state index in [-0.39, 0.29) is 6.03 Å². The predicted molar refractivity (Wildman–Crippen MR) is 79.5 cm³/mol. The molecule has 1 aromatic rings. The van der Waals surface area contributed by atoms with Gasteiger partial charge in [0, 0.05) is 39.3 Å². The van der Waals surface area contributed by atoms with Crippen molar-refractivity contribution in [1.82, 2.24) is 24.9 Å². The normalized spacial score (nSPS) is 23.1. The molecule has 110 valence electrons. The monoisotopic (exact) mass is 341 g/mol. The maximum absolute atomic E-state index is 11.6. The Morgan fingerprint density at radius 1 is 1.45 bits per heavy atom. The zero-order valence-corrected chi connectivity index (χ0v) is 13.5. The molecule has 1 unspecified atom stereocenters. The fourth-order valence-electron chi connectivity index (χ4n) is 3.04. The Morgan fingerprint density at radius 3 is 3.00 bits per heavy atom. The van der Waals surface area contributed by atoms with Gasteiger partial charge in [0.25, 0.3) is 0 Å². The second kappa shape index (κ2) is 5.37. The van der Waals surface area contributed by atoms with Gasteiger partial charge in [-0.3, -0.25) is 9.58 Å². The van der Waals surface area contributed by atoms with E-state index in [1.165, 1.54) is 5.69 Å². The highest BCUT2D eigenvalue weighted by molar-refractivity contribution is 9.10. The summed E-state index contributed by atoms with van der Waals surface area (Å²) in [5, 5.41) is 7.46. The number of halogens is 1. The van der Waals surface area contributed by atoms with Crippen molar-refractivity contribution in [2.45, 2.75) is 33.0 Å². The zero-order chi connectivity index (χ0) is 14.3. The highest BCUT2D eigenvalue weighted by atomic mass is 79.9. The first kappa shape index (κ1) is 13.9. The highest BCUT2D eigenvalue weighted by Gasteiger charge is 2.35. The Balaban J connectivity index is 1.72. The first-order chi connectivity index (χ1) is 9.60. The van der Waals surface area contributed by atoms with Crippen LogP contribution in [-0.4, -0.2) is 57.8 Å². The largest absolute Gasteiger partial charge is 0.336 e. The van der Waals surface area contributed by atoms with Crippen molar-refractivity contribution in [3.05, 3.63) is 15.9 Å². The molecule has 20 heavy (non-hydrogen) atoms. The summed E-state index contributed by atoms with van der Waals surface area (Å²) >= 11 is 3.65. The van der Waals surface area contributed by atoms with Crippen molar-refractivity contribution in [3.63, 3.8) is 0 Å². The molecule has 2 aliphatic rings. The fourth-order valence-corrected chi connectivity index (χ4v) is 3.45. The third kappa shape index (κ3) is 2.33. The van der Waals surface area contributed by atoms with Crippen LogP contribution >= 0.6 is 15.9 Å². The van der Waals surface area contributed by atoms with Crippen molar-refractivity contribution in [2.24, 2.45) is 0 Å². The Hall–Kier alpha value is -1.08. The molecule has 2 saturated heterocycles. The number of fused-ring (bicyclic) bond motifs is 1. The summed E-state index contributed by atoms with van der Waals surface area (Å²) in [6.07, 6.45) is 0. The molecule has 6 nitrogen and oxygen atoms in total. The van der Waals surface area contributed by atoms with Crippen molar-refractivity contribution in [3.8, 4) is 0 Å². The highest BCUT2D eigenvalue weighted by Crippen LogP contribution is 2.24. The van der Waals surface area contributed by atoms with Gasteiger partial charge in [0.15, 0.2) is 0 Å². The average Bonchev–Trinajstić information content (AvgIpc) is 2.94. The molecule has 3 heterocycles. The Morgan fingerprint density at radius 2 is 2.25 bits per heavy atom. The number of rotatable bonds is 3. The van der Waals surface area contributed by atoms with Crippen LogP contribution in [0.3, 0.4) is 0 Å². The predicted octanol–water partition coefficient (Wildman–Crippen LogP) is 1.18. The number of hydrogen-bond acceptors (Lipinski definition) is 3. The molecule has 2 aliphatic heterocycles. The molecule has 1 atom stereocenters. The number of amides is 2. The van der Waals surface area contributed by atoms with Gasteiger partial charge in [-0.2, -0.15) is 5.10 Å². The molecule has 0 radical (unpaired) electrons. The molecule has 3 rings (SSSR count). The number of aromatic nitrogens is 2. The van der Waals surface area contributed by atoms with Gasteiger partial charge in [-0.25, -0.2) is 4.79 Å². The van der Waals surface area contributed by atoms with E-state index in [1.807, 2.05) is 11.8 Å². The van der Waals surface area contributed by atoms with Crippen LogP contribution in [0, 0.1) is 6.92 Å². The van der Waals surface area contributed by atoms with Crippen LogP contribution in [-0.2, 0) is 13.1 Å². The van der Waals surface area contributed by atoms with E-state index < -0.39 is 0 Å². The van der Waals surface area contributed by atoms with Gasteiger partial charge < -0.3 is 10.2 Å². The van der Waals surface area contributed by atoms with Crippen molar-refractivity contribution >= 4 is 22.0 Å². The van der Waals surface area contributed by atoms with Gasteiger partial charge in [0.1, 0.15) is 0 Å². The van der Waals surface area contributed by atoms with E-state index in [2.05, 4.69) is 42.9 Å². The van der Waals surface area contributed by atoms with Gasteiger partial charge in [-0.05, 0) is 29.8 Å². The van der Waals surface area contributed by atoms with Crippen LogP contribution in [0.5, 0.6) is 0 Å². The number of hydrogen-bond donors (Lipinski definition) is 1. The molecule has 7 heteroatoms.